The van der Waals surface area contributed by atoms with Crippen LogP contribution in [0.1, 0.15) is 41.8 Å². The van der Waals surface area contributed by atoms with E-state index in [1.54, 1.807) is 32.0 Å². The standard InChI is InChI=1S/C24H23F4N3O3/c1-12-7-18(30-13(2)14-5-4-6-15(21(14)25)22(26)27)16-8-17(20(34-3)9-19(16)29-12)24(28)10-31(11-24)23(32)33/h4-9,13,22H,10-11H2,1-3H3,(H,29,30)(H,32,33). The molecule has 0 saturated carbocycles. The number of pyridine rings is 1. The molecule has 1 atom stereocenters. The average molecular weight is 477 g/mol. The van der Waals surface area contributed by atoms with Crippen molar-refractivity contribution in [3.63, 3.8) is 0 Å². The number of likely N-dealkylation sites (tertiary alicyclic amines) is 1. The van der Waals surface area contributed by atoms with Crippen molar-refractivity contribution < 1.29 is 32.2 Å². The Balaban J connectivity index is 1.76. The van der Waals surface area contributed by atoms with Crippen molar-refractivity contribution in [2.24, 2.45) is 0 Å². The van der Waals surface area contributed by atoms with Crippen LogP contribution in [-0.2, 0) is 5.67 Å². The van der Waals surface area contributed by atoms with Gasteiger partial charge >= 0.3 is 6.09 Å². The monoisotopic (exact) mass is 477 g/mol. The number of benzene rings is 2. The maximum Gasteiger partial charge on any atom is 0.407 e. The second kappa shape index (κ2) is 8.66. The fourth-order valence-electron chi connectivity index (χ4n) is 4.27. The number of alkyl halides is 3. The SMILES string of the molecule is COc1cc2nc(C)cc(NC(C)c3cccc(C(F)F)c3F)c2cc1C1(F)CN(C(=O)O)C1. The second-order valence-corrected chi connectivity index (χ2v) is 8.40. The van der Waals surface area contributed by atoms with E-state index in [1.807, 2.05) is 0 Å². The minimum Gasteiger partial charge on any atom is -0.496 e. The number of anilines is 1. The molecule has 4 rings (SSSR count). The van der Waals surface area contributed by atoms with Gasteiger partial charge in [0.1, 0.15) is 11.6 Å². The molecule has 2 N–H and O–H groups in total. The van der Waals surface area contributed by atoms with E-state index in [0.29, 0.717) is 22.3 Å². The van der Waals surface area contributed by atoms with Gasteiger partial charge in [-0.3, -0.25) is 4.98 Å². The van der Waals surface area contributed by atoms with Gasteiger partial charge in [0.2, 0.25) is 0 Å². The molecule has 1 amide bonds. The first-order valence-corrected chi connectivity index (χ1v) is 10.5. The van der Waals surface area contributed by atoms with Crippen LogP contribution >= 0.6 is 0 Å². The number of nitrogens with one attached hydrogen (secondary N) is 1. The van der Waals surface area contributed by atoms with Crippen LogP contribution in [0.5, 0.6) is 5.75 Å². The highest BCUT2D eigenvalue weighted by molar-refractivity contribution is 5.93. The Kier molecular flexibility index (Phi) is 6.01. The molecule has 180 valence electrons. The van der Waals surface area contributed by atoms with Gasteiger partial charge in [-0.15, -0.1) is 0 Å². The topological polar surface area (TPSA) is 74.7 Å². The number of aromatic nitrogens is 1. The lowest BCUT2D eigenvalue weighted by atomic mass is 9.86. The molecular formula is C24H23F4N3O3. The maximum absolute atomic E-state index is 15.6. The minimum absolute atomic E-state index is 0.0622. The molecule has 2 aromatic carbocycles. The summed E-state index contributed by atoms with van der Waals surface area (Å²) in [5.74, 6) is -0.756. The zero-order chi connectivity index (χ0) is 24.8. The first-order chi connectivity index (χ1) is 16.0. The quantitative estimate of drug-likeness (QED) is 0.429. The summed E-state index contributed by atoms with van der Waals surface area (Å²) in [5.41, 5.74) is -0.785. The number of methoxy groups -OCH3 is 1. The summed E-state index contributed by atoms with van der Waals surface area (Å²) in [6.07, 6.45) is -4.16. The molecule has 1 unspecified atom stereocenters. The van der Waals surface area contributed by atoms with E-state index in [1.165, 1.54) is 19.2 Å². The molecule has 0 bridgehead atoms. The number of hydrogen-bond acceptors (Lipinski definition) is 4. The van der Waals surface area contributed by atoms with Crippen molar-refractivity contribution >= 4 is 22.7 Å². The lowest BCUT2D eigenvalue weighted by Crippen LogP contribution is -2.58. The van der Waals surface area contributed by atoms with Gasteiger partial charge in [-0.2, -0.15) is 0 Å². The van der Waals surface area contributed by atoms with Crippen molar-refractivity contribution in [2.45, 2.75) is 32.0 Å². The summed E-state index contributed by atoms with van der Waals surface area (Å²) in [6, 6.07) is 7.94. The minimum atomic E-state index is -2.94. The third-order valence-corrected chi connectivity index (χ3v) is 6.03. The van der Waals surface area contributed by atoms with Crippen molar-refractivity contribution in [3.05, 3.63) is 64.6 Å². The predicted molar refractivity (Wildman–Crippen MR) is 119 cm³/mol. The molecule has 1 aromatic heterocycles. The van der Waals surface area contributed by atoms with E-state index in [2.05, 4.69) is 10.3 Å². The summed E-state index contributed by atoms with van der Waals surface area (Å²) in [7, 11) is 1.39. The zero-order valence-electron chi connectivity index (χ0n) is 18.7. The molecule has 1 saturated heterocycles. The average Bonchev–Trinajstić information content (AvgIpc) is 2.75. The third-order valence-electron chi connectivity index (χ3n) is 6.03. The van der Waals surface area contributed by atoms with E-state index < -0.39 is 35.6 Å². The molecule has 6 nitrogen and oxygen atoms in total. The van der Waals surface area contributed by atoms with Crippen LogP contribution in [0.2, 0.25) is 0 Å². The molecule has 34 heavy (non-hydrogen) atoms. The van der Waals surface area contributed by atoms with E-state index in [9.17, 15) is 18.0 Å². The van der Waals surface area contributed by atoms with E-state index >= 15 is 4.39 Å². The van der Waals surface area contributed by atoms with E-state index in [4.69, 9.17) is 9.84 Å². The molecular weight excluding hydrogens is 454 g/mol. The Bertz CT molecular complexity index is 1260. The Labute approximate surface area is 193 Å². The molecule has 10 heteroatoms. The Morgan fingerprint density at radius 2 is 1.91 bits per heavy atom. The number of rotatable bonds is 6. The maximum atomic E-state index is 15.6. The van der Waals surface area contributed by atoms with Gasteiger partial charge < -0.3 is 20.1 Å². The highest BCUT2D eigenvalue weighted by Crippen LogP contribution is 2.44. The van der Waals surface area contributed by atoms with Crippen LogP contribution in [0.15, 0.2) is 36.4 Å². The Morgan fingerprint density at radius 3 is 2.53 bits per heavy atom. The second-order valence-electron chi connectivity index (χ2n) is 8.40. The number of amides is 1. The first kappa shape index (κ1) is 23.6. The fraction of sp³-hybridized carbons (Fsp3) is 0.333. The fourth-order valence-corrected chi connectivity index (χ4v) is 4.27. The largest absolute Gasteiger partial charge is 0.496 e. The van der Waals surface area contributed by atoms with Gasteiger partial charge in [0.15, 0.2) is 5.67 Å². The molecule has 0 radical (unpaired) electrons. The third kappa shape index (κ3) is 4.08. The van der Waals surface area contributed by atoms with Crippen LogP contribution in [0.3, 0.4) is 0 Å². The number of halogens is 4. The van der Waals surface area contributed by atoms with Crippen LogP contribution in [0.4, 0.5) is 28.0 Å². The van der Waals surface area contributed by atoms with Gasteiger partial charge in [-0.05, 0) is 26.0 Å². The van der Waals surface area contributed by atoms with Crippen LogP contribution in [-0.4, -0.2) is 41.3 Å². The van der Waals surface area contributed by atoms with Crippen LogP contribution in [0, 0.1) is 12.7 Å². The van der Waals surface area contributed by atoms with E-state index in [-0.39, 0.29) is 30.0 Å². The molecule has 0 aliphatic carbocycles. The number of fused-ring (bicyclic) bond motifs is 1. The summed E-state index contributed by atoms with van der Waals surface area (Å²) in [6.45, 7) is 2.70. The van der Waals surface area contributed by atoms with Crippen molar-refractivity contribution in [3.8, 4) is 5.75 Å². The van der Waals surface area contributed by atoms with Gasteiger partial charge in [0, 0.05) is 34.0 Å². The normalized spacial score (nSPS) is 15.8. The van der Waals surface area contributed by atoms with E-state index in [0.717, 1.165) is 11.0 Å². The van der Waals surface area contributed by atoms with Crippen LogP contribution < -0.4 is 10.1 Å². The smallest absolute Gasteiger partial charge is 0.407 e. The number of carboxylic acid groups (broad SMARTS) is 1. The van der Waals surface area contributed by atoms with Crippen LogP contribution in [0.25, 0.3) is 10.9 Å². The number of nitrogens with zero attached hydrogens (tertiary/aromatic N) is 2. The summed E-state index contributed by atoms with van der Waals surface area (Å²) in [5, 5.41) is 12.7. The van der Waals surface area contributed by atoms with Crippen molar-refractivity contribution in [1.29, 1.82) is 0 Å². The van der Waals surface area contributed by atoms with Gasteiger partial charge in [-0.25, -0.2) is 22.4 Å². The number of aryl methyl sites for hydroxylation is 1. The molecule has 3 aromatic rings. The van der Waals surface area contributed by atoms with Gasteiger partial charge in [-0.1, -0.05) is 18.2 Å². The summed E-state index contributed by atoms with van der Waals surface area (Å²) >= 11 is 0. The lowest BCUT2D eigenvalue weighted by Gasteiger charge is -2.43. The number of ether oxygens (including phenoxy) is 1. The summed E-state index contributed by atoms with van der Waals surface area (Å²) < 4.78 is 61.9. The molecule has 1 aliphatic rings. The van der Waals surface area contributed by atoms with Gasteiger partial charge in [0.25, 0.3) is 6.43 Å². The van der Waals surface area contributed by atoms with Crippen molar-refractivity contribution in [2.75, 3.05) is 25.5 Å². The Morgan fingerprint density at radius 1 is 1.24 bits per heavy atom. The molecule has 1 fully saturated rings. The first-order valence-electron chi connectivity index (χ1n) is 10.5. The van der Waals surface area contributed by atoms with Gasteiger partial charge in [0.05, 0.1) is 37.3 Å². The zero-order valence-corrected chi connectivity index (χ0v) is 18.7. The highest BCUT2D eigenvalue weighted by atomic mass is 19.3. The van der Waals surface area contributed by atoms with Crippen molar-refractivity contribution in [1.82, 2.24) is 9.88 Å². The number of carbonyl (C=O) groups is 1. The predicted octanol–water partition coefficient (Wildman–Crippen LogP) is 5.96. The molecule has 1 aliphatic heterocycles. The molecule has 0 spiro atoms. The highest BCUT2D eigenvalue weighted by Gasteiger charge is 2.49. The molecule has 2 heterocycles. The summed E-state index contributed by atoms with van der Waals surface area (Å²) in [4.78, 5) is 16.6. The lowest BCUT2D eigenvalue weighted by molar-refractivity contribution is -0.0251. The number of hydrogen-bond donors (Lipinski definition) is 2. The Hall–Kier alpha value is -3.56.